The molecular weight excluding hydrogens is 234 g/mol. The van der Waals surface area contributed by atoms with E-state index < -0.39 is 0 Å². The van der Waals surface area contributed by atoms with Crippen molar-refractivity contribution in [3.05, 3.63) is 41.6 Å². The lowest BCUT2D eigenvalue weighted by Crippen LogP contribution is -2.31. The summed E-state index contributed by atoms with van der Waals surface area (Å²) in [6, 6.07) is 11.4. The van der Waals surface area contributed by atoms with Gasteiger partial charge in [-0.3, -0.25) is 9.88 Å². The Balaban J connectivity index is 2.03. The van der Waals surface area contributed by atoms with Crippen LogP contribution in [0.2, 0.25) is 0 Å². The lowest BCUT2D eigenvalue weighted by molar-refractivity contribution is 0.261. The molecule has 1 saturated heterocycles. The molecule has 0 spiro atoms. The molecule has 1 aromatic carbocycles. The van der Waals surface area contributed by atoms with Crippen molar-refractivity contribution in [2.45, 2.75) is 32.4 Å². The Kier molecular flexibility index (Phi) is 3.25. The summed E-state index contributed by atoms with van der Waals surface area (Å²) in [5.74, 6) is 0. The highest BCUT2D eigenvalue weighted by Crippen LogP contribution is 2.32. The zero-order valence-corrected chi connectivity index (χ0v) is 11.6. The van der Waals surface area contributed by atoms with Crippen LogP contribution in [0.5, 0.6) is 0 Å². The van der Waals surface area contributed by atoms with Crippen LogP contribution in [0.3, 0.4) is 0 Å². The highest BCUT2D eigenvalue weighted by atomic mass is 15.2. The van der Waals surface area contributed by atoms with Gasteiger partial charge in [0.1, 0.15) is 0 Å². The third-order valence-electron chi connectivity index (χ3n) is 4.15. The number of likely N-dealkylation sites (tertiary alicyclic amines) is 1. The number of fused-ring (bicyclic) bond motifs is 1. The molecule has 0 amide bonds. The number of hydrogen-bond acceptors (Lipinski definition) is 3. The Morgan fingerprint density at radius 1 is 1.32 bits per heavy atom. The van der Waals surface area contributed by atoms with E-state index in [1.54, 1.807) is 0 Å². The summed E-state index contributed by atoms with van der Waals surface area (Å²) in [6.07, 6.45) is 1.09. The molecule has 100 valence electrons. The third-order valence-corrected chi connectivity index (χ3v) is 4.15. The molecule has 3 nitrogen and oxygen atoms in total. The first-order valence-corrected chi connectivity index (χ1v) is 7.06. The number of nitrogens with two attached hydrogens (primary N) is 1. The van der Waals surface area contributed by atoms with E-state index >= 15 is 0 Å². The van der Waals surface area contributed by atoms with Gasteiger partial charge in [-0.15, -0.1) is 0 Å². The maximum Gasteiger partial charge on any atom is 0.0705 e. The standard InChI is InChI=1S/C16H21N3/c1-3-19-9-8-14(17)16(19)13-6-7-15-12(10-13)5-4-11(2)18-15/h4-7,10,14,16H,3,8-9,17H2,1-2H3. The van der Waals surface area contributed by atoms with Crippen molar-refractivity contribution < 1.29 is 0 Å². The van der Waals surface area contributed by atoms with Gasteiger partial charge in [-0.2, -0.15) is 0 Å². The molecule has 2 aromatic rings. The summed E-state index contributed by atoms with van der Waals surface area (Å²) < 4.78 is 0. The molecule has 19 heavy (non-hydrogen) atoms. The van der Waals surface area contributed by atoms with Gasteiger partial charge in [0.25, 0.3) is 0 Å². The van der Waals surface area contributed by atoms with Crippen molar-refractivity contribution in [1.29, 1.82) is 0 Å². The molecule has 2 unspecified atom stereocenters. The Morgan fingerprint density at radius 3 is 2.95 bits per heavy atom. The summed E-state index contributed by atoms with van der Waals surface area (Å²) in [7, 11) is 0. The largest absolute Gasteiger partial charge is 0.326 e. The minimum Gasteiger partial charge on any atom is -0.326 e. The van der Waals surface area contributed by atoms with Crippen molar-refractivity contribution in [2.24, 2.45) is 5.73 Å². The van der Waals surface area contributed by atoms with Crippen molar-refractivity contribution in [3.63, 3.8) is 0 Å². The van der Waals surface area contributed by atoms with Gasteiger partial charge in [0, 0.05) is 29.7 Å². The normalized spacial score (nSPS) is 24.2. The van der Waals surface area contributed by atoms with Gasteiger partial charge in [0.15, 0.2) is 0 Å². The highest BCUT2D eigenvalue weighted by molar-refractivity contribution is 5.79. The monoisotopic (exact) mass is 255 g/mol. The second kappa shape index (κ2) is 4.91. The molecule has 3 heteroatoms. The highest BCUT2D eigenvalue weighted by Gasteiger charge is 2.31. The molecule has 2 N–H and O–H groups in total. The minimum atomic E-state index is 0.246. The summed E-state index contributed by atoms with van der Waals surface area (Å²) in [5.41, 5.74) is 9.74. The summed E-state index contributed by atoms with van der Waals surface area (Å²) >= 11 is 0. The fourth-order valence-electron chi connectivity index (χ4n) is 3.13. The average Bonchev–Trinajstić information content (AvgIpc) is 2.79. The van der Waals surface area contributed by atoms with Crippen LogP contribution in [0.4, 0.5) is 0 Å². The Morgan fingerprint density at radius 2 is 2.16 bits per heavy atom. The van der Waals surface area contributed by atoms with E-state index in [1.165, 1.54) is 10.9 Å². The maximum absolute atomic E-state index is 6.29. The number of pyridine rings is 1. The van der Waals surface area contributed by atoms with Gasteiger partial charge in [0.2, 0.25) is 0 Å². The zero-order chi connectivity index (χ0) is 13.4. The van der Waals surface area contributed by atoms with Crippen LogP contribution in [-0.2, 0) is 0 Å². The minimum absolute atomic E-state index is 0.246. The first-order valence-electron chi connectivity index (χ1n) is 7.06. The Labute approximate surface area is 114 Å². The molecule has 0 radical (unpaired) electrons. The lowest BCUT2D eigenvalue weighted by Gasteiger charge is -2.26. The van der Waals surface area contributed by atoms with E-state index in [4.69, 9.17) is 5.73 Å². The quantitative estimate of drug-likeness (QED) is 0.897. The second-order valence-electron chi connectivity index (χ2n) is 5.43. The molecule has 0 aliphatic carbocycles. The van der Waals surface area contributed by atoms with Crippen LogP contribution < -0.4 is 5.73 Å². The molecule has 1 aromatic heterocycles. The number of rotatable bonds is 2. The van der Waals surface area contributed by atoms with Gasteiger partial charge >= 0.3 is 0 Å². The first kappa shape index (κ1) is 12.6. The van der Waals surface area contributed by atoms with Crippen molar-refractivity contribution in [3.8, 4) is 0 Å². The second-order valence-corrected chi connectivity index (χ2v) is 5.43. The molecule has 0 saturated carbocycles. The number of hydrogen-bond donors (Lipinski definition) is 1. The molecule has 0 bridgehead atoms. The average molecular weight is 255 g/mol. The number of nitrogens with zero attached hydrogens (tertiary/aromatic N) is 2. The Hall–Kier alpha value is -1.45. The van der Waals surface area contributed by atoms with Gasteiger partial charge in [0.05, 0.1) is 5.52 Å². The van der Waals surface area contributed by atoms with E-state index in [0.717, 1.165) is 30.7 Å². The number of benzene rings is 1. The number of aryl methyl sites for hydroxylation is 1. The predicted octanol–water partition coefficient (Wildman–Crippen LogP) is 2.64. The van der Waals surface area contributed by atoms with Crippen LogP contribution >= 0.6 is 0 Å². The number of aromatic nitrogens is 1. The molecule has 2 atom stereocenters. The van der Waals surface area contributed by atoms with Gasteiger partial charge < -0.3 is 5.73 Å². The molecule has 1 fully saturated rings. The van der Waals surface area contributed by atoms with Crippen LogP contribution in [0, 0.1) is 6.92 Å². The smallest absolute Gasteiger partial charge is 0.0705 e. The van der Waals surface area contributed by atoms with Crippen molar-refractivity contribution in [1.82, 2.24) is 9.88 Å². The van der Waals surface area contributed by atoms with Gasteiger partial charge in [-0.05, 0) is 43.7 Å². The molecule has 1 aliphatic rings. The first-order chi connectivity index (χ1) is 9.19. The van der Waals surface area contributed by atoms with Crippen LogP contribution in [0.15, 0.2) is 30.3 Å². The summed E-state index contributed by atoms with van der Waals surface area (Å²) in [5, 5.41) is 1.21. The van der Waals surface area contributed by atoms with Gasteiger partial charge in [-0.1, -0.05) is 19.1 Å². The van der Waals surface area contributed by atoms with Crippen molar-refractivity contribution in [2.75, 3.05) is 13.1 Å². The van der Waals surface area contributed by atoms with Crippen molar-refractivity contribution >= 4 is 10.9 Å². The topological polar surface area (TPSA) is 42.1 Å². The van der Waals surface area contributed by atoms with E-state index in [1.807, 2.05) is 6.92 Å². The van der Waals surface area contributed by atoms with Crippen LogP contribution in [-0.4, -0.2) is 29.0 Å². The molecule has 2 heterocycles. The molecule has 1 aliphatic heterocycles. The summed E-state index contributed by atoms with van der Waals surface area (Å²) in [6.45, 7) is 6.39. The predicted molar refractivity (Wildman–Crippen MR) is 79.1 cm³/mol. The fraction of sp³-hybridized carbons (Fsp3) is 0.438. The van der Waals surface area contributed by atoms with Crippen LogP contribution in [0.1, 0.15) is 30.6 Å². The SMILES string of the molecule is CCN1CCC(N)C1c1ccc2nc(C)ccc2c1. The zero-order valence-electron chi connectivity index (χ0n) is 11.6. The maximum atomic E-state index is 6.29. The van der Waals surface area contributed by atoms with Gasteiger partial charge in [-0.25, -0.2) is 0 Å². The van der Waals surface area contributed by atoms with E-state index in [-0.39, 0.29) is 6.04 Å². The van der Waals surface area contributed by atoms with Crippen LogP contribution in [0.25, 0.3) is 10.9 Å². The molecule has 3 rings (SSSR count). The lowest BCUT2D eigenvalue weighted by atomic mass is 9.99. The van der Waals surface area contributed by atoms with E-state index in [9.17, 15) is 0 Å². The third kappa shape index (κ3) is 2.24. The van der Waals surface area contributed by atoms with E-state index in [0.29, 0.717) is 6.04 Å². The summed E-state index contributed by atoms with van der Waals surface area (Å²) in [4.78, 5) is 7.02. The molecular formula is C16H21N3. The fourth-order valence-corrected chi connectivity index (χ4v) is 3.13. The number of likely N-dealkylation sites (N-methyl/N-ethyl adjacent to an activating group) is 1. The Bertz CT molecular complexity index is 594. The van der Waals surface area contributed by atoms with E-state index in [2.05, 4.69) is 47.1 Å².